The first-order chi connectivity index (χ1) is 16.4. The summed E-state index contributed by atoms with van der Waals surface area (Å²) < 4.78 is 5.62. The van der Waals surface area contributed by atoms with Crippen molar-refractivity contribution in [3.63, 3.8) is 0 Å². The van der Waals surface area contributed by atoms with Gasteiger partial charge in [-0.3, -0.25) is 4.79 Å². The minimum absolute atomic E-state index is 0.00336. The number of hydrogen-bond acceptors (Lipinski definition) is 4. The SMILES string of the molecule is CC(NC(=O)[C@@H]1CC[C@H](NC(=O)OCC2c3ccccc3-c3ccccc32)C1)(C(=O)O)C1CC1. The number of rotatable bonds is 7. The van der Waals surface area contributed by atoms with E-state index in [0.717, 1.165) is 24.0 Å². The van der Waals surface area contributed by atoms with Gasteiger partial charge in [-0.25, -0.2) is 9.59 Å². The third-order valence-corrected chi connectivity index (χ3v) is 7.69. The van der Waals surface area contributed by atoms with Crippen molar-refractivity contribution >= 4 is 18.0 Å². The Balaban J connectivity index is 1.15. The maximum Gasteiger partial charge on any atom is 0.407 e. The van der Waals surface area contributed by atoms with Crippen molar-refractivity contribution in [2.45, 2.75) is 56.5 Å². The molecule has 34 heavy (non-hydrogen) atoms. The van der Waals surface area contributed by atoms with Crippen LogP contribution in [-0.2, 0) is 14.3 Å². The highest BCUT2D eigenvalue weighted by molar-refractivity contribution is 5.88. The van der Waals surface area contributed by atoms with E-state index in [-0.39, 0.29) is 36.3 Å². The van der Waals surface area contributed by atoms with Gasteiger partial charge in [0.25, 0.3) is 0 Å². The number of carboxylic acid groups (broad SMARTS) is 1. The molecule has 0 spiro atoms. The normalized spacial score (nSPS) is 22.9. The molecule has 2 aromatic rings. The fraction of sp³-hybridized carbons (Fsp3) is 0.444. The molecule has 2 aromatic carbocycles. The summed E-state index contributed by atoms with van der Waals surface area (Å²) in [7, 11) is 0. The van der Waals surface area contributed by atoms with Crippen molar-refractivity contribution < 1.29 is 24.2 Å². The highest BCUT2D eigenvalue weighted by Crippen LogP contribution is 2.44. The van der Waals surface area contributed by atoms with Crippen molar-refractivity contribution in [1.29, 1.82) is 0 Å². The molecule has 0 saturated heterocycles. The molecule has 2 amide bonds. The smallest absolute Gasteiger partial charge is 0.407 e. The van der Waals surface area contributed by atoms with E-state index in [2.05, 4.69) is 34.9 Å². The number of carboxylic acids is 1. The van der Waals surface area contributed by atoms with Crippen LogP contribution in [-0.4, -0.2) is 41.3 Å². The van der Waals surface area contributed by atoms with E-state index >= 15 is 0 Å². The number of carbonyl (C=O) groups excluding carboxylic acids is 2. The van der Waals surface area contributed by atoms with E-state index in [1.807, 2.05) is 24.3 Å². The number of hydrogen-bond donors (Lipinski definition) is 3. The highest BCUT2D eigenvalue weighted by Gasteiger charge is 2.49. The Morgan fingerprint density at radius 2 is 1.59 bits per heavy atom. The lowest BCUT2D eigenvalue weighted by Gasteiger charge is -2.27. The van der Waals surface area contributed by atoms with Crippen LogP contribution in [0.15, 0.2) is 48.5 Å². The zero-order valence-corrected chi connectivity index (χ0v) is 19.3. The molecule has 3 aliphatic rings. The summed E-state index contributed by atoms with van der Waals surface area (Å²) in [5.74, 6) is -1.55. The number of benzene rings is 2. The van der Waals surface area contributed by atoms with E-state index in [0.29, 0.717) is 19.3 Å². The highest BCUT2D eigenvalue weighted by atomic mass is 16.5. The van der Waals surface area contributed by atoms with Crippen LogP contribution in [0.25, 0.3) is 11.1 Å². The van der Waals surface area contributed by atoms with Crippen LogP contribution in [0.3, 0.4) is 0 Å². The number of aliphatic carboxylic acids is 1. The quantitative estimate of drug-likeness (QED) is 0.576. The first-order valence-electron chi connectivity index (χ1n) is 12.0. The topological polar surface area (TPSA) is 105 Å². The fourth-order valence-corrected chi connectivity index (χ4v) is 5.51. The summed E-state index contributed by atoms with van der Waals surface area (Å²) in [6, 6.07) is 16.2. The molecule has 0 radical (unpaired) electrons. The zero-order chi connectivity index (χ0) is 23.9. The molecule has 2 fully saturated rings. The summed E-state index contributed by atoms with van der Waals surface area (Å²) in [4.78, 5) is 37.0. The molecule has 1 unspecified atom stereocenters. The Labute approximate surface area is 198 Å². The second kappa shape index (κ2) is 8.78. The number of amides is 2. The Morgan fingerprint density at radius 1 is 0.971 bits per heavy atom. The average Bonchev–Trinajstić information content (AvgIpc) is 3.51. The molecule has 2 saturated carbocycles. The van der Waals surface area contributed by atoms with Crippen LogP contribution in [0.2, 0.25) is 0 Å². The van der Waals surface area contributed by atoms with Crippen molar-refractivity contribution in [2.75, 3.05) is 6.61 Å². The minimum atomic E-state index is -1.21. The van der Waals surface area contributed by atoms with Crippen LogP contribution in [0.5, 0.6) is 0 Å². The van der Waals surface area contributed by atoms with Crippen molar-refractivity contribution in [3.8, 4) is 11.1 Å². The molecule has 5 rings (SSSR count). The molecule has 178 valence electrons. The molecule has 7 heteroatoms. The van der Waals surface area contributed by atoms with Gasteiger partial charge in [-0.15, -0.1) is 0 Å². The molecule has 3 N–H and O–H groups in total. The molecule has 0 aliphatic heterocycles. The van der Waals surface area contributed by atoms with E-state index in [4.69, 9.17) is 4.74 Å². The van der Waals surface area contributed by atoms with E-state index < -0.39 is 17.6 Å². The lowest BCUT2D eigenvalue weighted by atomic mass is 9.94. The predicted octanol–water partition coefficient (Wildman–Crippen LogP) is 4.06. The maximum atomic E-state index is 12.7. The van der Waals surface area contributed by atoms with Crippen LogP contribution >= 0.6 is 0 Å². The van der Waals surface area contributed by atoms with E-state index in [9.17, 15) is 19.5 Å². The average molecular weight is 463 g/mol. The maximum absolute atomic E-state index is 12.7. The summed E-state index contributed by atoms with van der Waals surface area (Å²) >= 11 is 0. The second-order valence-electron chi connectivity index (χ2n) is 9.95. The molecule has 3 aliphatic carbocycles. The summed E-state index contributed by atoms with van der Waals surface area (Å²) in [5.41, 5.74) is 3.46. The minimum Gasteiger partial charge on any atom is -0.480 e. The van der Waals surface area contributed by atoms with Crippen LogP contribution in [0.4, 0.5) is 4.79 Å². The van der Waals surface area contributed by atoms with Gasteiger partial charge in [0.15, 0.2) is 0 Å². The standard InChI is InChI=1S/C27H30N2O5/c1-27(25(31)32,17-11-12-17)29-24(30)16-10-13-18(14-16)28-26(33)34-15-23-21-8-4-2-6-19(21)20-7-3-5-9-22(20)23/h2-9,16-18,23H,10-15H2,1H3,(H,28,33)(H,29,30)(H,31,32)/t16-,18+,27?/m1/s1. The summed E-state index contributed by atoms with van der Waals surface area (Å²) in [5, 5.41) is 15.3. The van der Waals surface area contributed by atoms with Crippen molar-refractivity contribution in [2.24, 2.45) is 11.8 Å². The molecular weight excluding hydrogens is 432 g/mol. The third kappa shape index (κ3) is 4.15. The van der Waals surface area contributed by atoms with Crippen LogP contribution < -0.4 is 10.6 Å². The third-order valence-electron chi connectivity index (χ3n) is 7.69. The van der Waals surface area contributed by atoms with Crippen molar-refractivity contribution in [1.82, 2.24) is 10.6 Å². The number of ether oxygens (including phenoxy) is 1. The molecular formula is C27H30N2O5. The lowest BCUT2D eigenvalue weighted by molar-refractivity contribution is -0.148. The number of alkyl carbamates (subject to hydrolysis) is 1. The van der Waals surface area contributed by atoms with Crippen molar-refractivity contribution in [3.05, 3.63) is 59.7 Å². The Bertz CT molecular complexity index is 1080. The predicted molar refractivity (Wildman–Crippen MR) is 126 cm³/mol. The molecule has 0 bridgehead atoms. The lowest BCUT2D eigenvalue weighted by Crippen LogP contribution is -2.55. The Morgan fingerprint density at radius 3 is 2.18 bits per heavy atom. The summed E-state index contributed by atoms with van der Waals surface area (Å²) in [6.07, 6.45) is 2.91. The fourth-order valence-electron chi connectivity index (χ4n) is 5.51. The zero-order valence-electron chi connectivity index (χ0n) is 19.3. The van der Waals surface area contributed by atoms with Gasteiger partial charge in [-0.1, -0.05) is 48.5 Å². The van der Waals surface area contributed by atoms with E-state index in [1.165, 1.54) is 11.1 Å². The van der Waals surface area contributed by atoms with Gasteiger partial charge in [0.1, 0.15) is 12.1 Å². The molecule has 3 atom stereocenters. The molecule has 0 heterocycles. The Kier molecular flexibility index (Phi) is 5.80. The van der Waals surface area contributed by atoms with Gasteiger partial charge < -0.3 is 20.5 Å². The Hall–Kier alpha value is -3.35. The van der Waals surface area contributed by atoms with Crippen LogP contribution in [0.1, 0.15) is 56.1 Å². The van der Waals surface area contributed by atoms with Crippen LogP contribution in [0, 0.1) is 11.8 Å². The van der Waals surface area contributed by atoms with E-state index in [1.54, 1.807) is 6.92 Å². The first-order valence-corrected chi connectivity index (χ1v) is 12.0. The van der Waals surface area contributed by atoms with Gasteiger partial charge in [-0.05, 0) is 67.2 Å². The summed E-state index contributed by atoms with van der Waals surface area (Å²) in [6.45, 7) is 1.83. The number of nitrogens with one attached hydrogen (secondary N) is 2. The molecule has 7 nitrogen and oxygen atoms in total. The van der Waals surface area contributed by atoms with Gasteiger partial charge in [0.2, 0.25) is 5.91 Å². The monoisotopic (exact) mass is 462 g/mol. The second-order valence-corrected chi connectivity index (χ2v) is 9.95. The van der Waals surface area contributed by atoms with Gasteiger partial charge in [0, 0.05) is 17.9 Å². The molecule has 0 aromatic heterocycles. The van der Waals surface area contributed by atoms with Gasteiger partial charge in [0.05, 0.1) is 0 Å². The number of carbonyl (C=O) groups is 3. The first kappa shape index (κ1) is 22.4. The largest absolute Gasteiger partial charge is 0.480 e. The van der Waals surface area contributed by atoms with Gasteiger partial charge in [-0.2, -0.15) is 0 Å². The number of fused-ring (bicyclic) bond motifs is 3. The van der Waals surface area contributed by atoms with Gasteiger partial charge >= 0.3 is 12.1 Å².